The van der Waals surface area contributed by atoms with Crippen LogP contribution in [0.1, 0.15) is 35.9 Å². The molecular formula is C34H28Cl2O5. The number of carbonyl (C=O) groups is 2. The average molecular weight is 587 g/mol. The van der Waals surface area contributed by atoms with E-state index in [0.29, 0.717) is 34.1 Å². The van der Waals surface area contributed by atoms with Crippen LogP contribution in [0.25, 0.3) is 0 Å². The molecule has 4 aromatic rings. The third-order valence-corrected chi connectivity index (χ3v) is 7.43. The monoisotopic (exact) mass is 586 g/mol. The molecule has 0 aromatic heterocycles. The summed E-state index contributed by atoms with van der Waals surface area (Å²) in [6.07, 6.45) is 0.422. The van der Waals surface area contributed by atoms with Crippen molar-refractivity contribution in [1.82, 2.24) is 0 Å². The lowest BCUT2D eigenvalue weighted by atomic mass is 9.99. The van der Waals surface area contributed by atoms with E-state index in [1.807, 2.05) is 74.5 Å². The van der Waals surface area contributed by atoms with E-state index in [4.69, 9.17) is 37.4 Å². The first kappa shape index (κ1) is 28.5. The molecule has 0 bridgehead atoms. The number of esters is 1. The van der Waals surface area contributed by atoms with E-state index in [1.54, 1.807) is 54.6 Å². The maximum atomic E-state index is 14.0. The average Bonchev–Trinajstić information content (AvgIpc) is 3.51. The molecule has 1 aliphatic rings. The molecule has 1 fully saturated rings. The second kappa shape index (κ2) is 12.2. The number of ketones is 1. The predicted octanol–water partition coefficient (Wildman–Crippen LogP) is 9.33. The van der Waals surface area contributed by atoms with Crippen LogP contribution in [0.4, 0.5) is 0 Å². The van der Waals surface area contributed by atoms with E-state index in [0.717, 1.165) is 0 Å². The highest BCUT2D eigenvalue weighted by molar-refractivity contribution is 6.55. The molecule has 0 N–H and O–H groups in total. The molecule has 1 saturated carbocycles. The number of hydrogen-bond donors (Lipinski definition) is 0. The van der Waals surface area contributed by atoms with Crippen LogP contribution in [0.3, 0.4) is 0 Å². The van der Waals surface area contributed by atoms with Gasteiger partial charge in [-0.15, -0.1) is 0 Å². The maximum absolute atomic E-state index is 14.0. The molecule has 1 aliphatic carbocycles. The summed E-state index contributed by atoms with van der Waals surface area (Å²) in [5.41, 5.74) is 0.398. The summed E-state index contributed by atoms with van der Waals surface area (Å²) in [5.74, 6) is 0.669. The van der Waals surface area contributed by atoms with Gasteiger partial charge in [-0.2, -0.15) is 0 Å². The Morgan fingerprint density at radius 1 is 0.732 bits per heavy atom. The first-order valence-corrected chi connectivity index (χ1v) is 13.9. The molecule has 0 heterocycles. The number of benzene rings is 4. The zero-order valence-corrected chi connectivity index (χ0v) is 24.0. The van der Waals surface area contributed by atoms with Gasteiger partial charge in [-0.1, -0.05) is 97.7 Å². The van der Waals surface area contributed by atoms with E-state index >= 15 is 0 Å². The van der Waals surface area contributed by atoms with Crippen molar-refractivity contribution in [3.8, 4) is 23.0 Å². The van der Waals surface area contributed by atoms with Crippen LogP contribution in [0.15, 0.2) is 120 Å². The first-order chi connectivity index (χ1) is 19.7. The zero-order valence-electron chi connectivity index (χ0n) is 22.5. The number of para-hydroxylation sites is 2. The van der Waals surface area contributed by atoms with Crippen LogP contribution in [0, 0.1) is 17.3 Å². The highest BCUT2D eigenvalue weighted by Crippen LogP contribution is 2.60. The molecule has 7 heteroatoms. The second-order valence-electron chi connectivity index (χ2n) is 10.4. The van der Waals surface area contributed by atoms with Gasteiger partial charge in [-0.3, -0.25) is 9.59 Å². The molecule has 5 nitrogen and oxygen atoms in total. The Balaban J connectivity index is 1.45. The van der Waals surface area contributed by atoms with Gasteiger partial charge in [0.15, 0.2) is 6.10 Å². The van der Waals surface area contributed by atoms with Gasteiger partial charge in [0.05, 0.1) is 5.92 Å². The van der Waals surface area contributed by atoms with Crippen LogP contribution in [0.2, 0.25) is 0 Å². The van der Waals surface area contributed by atoms with Gasteiger partial charge in [0.2, 0.25) is 5.78 Å². The molecule has 0 amide bonds. The fourth-order valence-corrected chi connectivity index (χ4v) is 5.16. The largest absolute Gasteiger partial charge is 0.457 e. The van der Waals surface area contributed by atoms with Gasteiger partial charge < -0.3 is 14.2 Å². The first-order valence-electron chi connectivity index (χ1n) is 13.2. The molecule has 0 saturated heterocycles. The molecule has 4 aromatic carbocycles. The number of carbonyl (C=O) groups excluding carboxylic acids is 2. The van der Waals surface area contributed by atoms with Crippen molar-refractivity contribution >= 4 is 35.0 Å². The van der Waals surface area contributed by atoms with E-state index in [2.05, 4.69) is 0 Å². The van der Waals surface area contributed by atoms with Crippen LogP contribution in [-0.2, 0) is 9.53 Å². The quantitative estimate of drug-likeness (QED) is 0.137. The molecule has 0 aliphatic heterocycles. The van der Waals surface area contributed by atoms with Crippen molar-refractivity contribution in [2.75, 3.05) is 0 Å². The fraction of sp³-hybridized carbons (Fsp3) is 0.176. The number of ether oxygens (including phenoxy) is 3. The predicted molar refractivity (Wildman–Crippen MR) is 160 cm³/mol. The van der Waals surface area contributed by atoms with Crippen molar-refractivity contribution in [1.29, 1.82) is 0 Å². The highest BCUT2D eigenvalue weighted by atomic mass is 35.5. The van der Waals surface area contributed by atoms with Crippen LogP contribution in [-0.4, -0.2) is 11.8 Å². The van der Waals surface area contributed by atoms with Gasteiger partial charge >= 0.3 is 5.97 Å². The van der Waals surface area contributed by atoms with Crippen LogP contribution in [0.5, 0.6) is 23.0 Å². The lowest BCUT2D eigenvalue weighted by molar-refractivity contribution is -0.150. The van der Waals surface area contributed by atoms with E-state index in [9.17, 15) is 9.59 Å². The van der Waals surface area contributed by atoms with E-state index in [-0.39, 0.29) is 10.4 Å². The summed E-state index contributed by atoms with van der Waals surface area (Å²) in [6.45, 7) is 3.87. The molecule has 0 radical (unpaired) electrons. The van der Waals surface area contributed by atoms with Crippen molar-refractivity contribution in [3.05, 3.63) is 131 Å². The topological polar surface area (TPSA) is 61.8 Å². The summed E-state index contributed by atoms with van der Waals surface area (Å²) in [6, 6.07) is 32.4. The molecule has 208 valence electrons. The Labute approximate surface area is 249 Å². The van der Waals surface area contributed by atoms with Crippen molar-refractivity contribution in [2.24, 2.45) is 17.3 Å². The van der Waals surface area contributed by atoms with Gasteiger partial charge in [0.1, 0.15) is 27.5 Å². The fourth-order valence-electron chi connectivity index (χ4n) is 4.89. The smallest absolute Gasteiger partial charge is 0.311 e. The Morgan fingerprint density at radius 3 is 1.85 bits per heavy atom. The molecule has 3 atom stereocenters. The number of hydrogen-bond acceptors (Lipinski definition) is 5. The Morgan fingerprint density at radius 2 is 1.27 bits per heavy atom. The van der Waals surface area contributed by atoms with Crippen LogP contribution >= 0.6 is 23.2 Å². The lowest BCUT2D eigenvalue weighted by Crippen LogP contribution is -2.22. The minimum atomic E-state index is -1.22. The summed E-state index contributed by atoms with van der Waals surface area (Å²) < 4.78 is 18.0. The van der Waals surface area contributed by atoms with Crippen LogP contribution < -0.4 is 9.47 Å². The summed E-state index contributed by atoms with van der Waals surface area (Å²) in [4.78, 5) is 27.5. The highest BCUT2D eigenvalue weighted by Gasteiger charge is 2.62. The lowest BCUT2D eigenvalue weighted by Gasteiger charge is -2.19. The third kappa shape index (κ3) is 6.82. The zero-order chi connectivity index (χ0) is 29.0. The van der Waals surface area contributed by atoms with Gasteiger partial charge in [-0.05, 0) is 65.9 Å². The molecular weight excluding hydrogens is 559 g/mol. The van der Waals surface area contributed by atoms with Gasteiger partial charge in [0, 0.05) is 11.1 Å². The van der Waals surface area contributed by atoms with Crippen molar-refractivity contribution in [2.45, 2.75) is 20.0 Å². The molecule has 5 rings (SSSR count). The number of rotatable bonds is 10. The van der Waals surface area contributed by atoms with Gasteiger partial charge in [-0.25, -0.2) is 0 Å². The standard InChI is InChI=1S/C34H28Cl2O5/c1-34(2)28(21-29(35)36)30(34)33(38)41-32(23-12-10-18-27(20-23)40-25-15-7-4-8-16-25)31(37)22-11-9-17-26(19-22)39-24-13-5-3-6-14-24/h3-21,28,30,32H,1-2H3/t28-,30-,32+/m0/s1. The summed E-state index contributed by atoms with van der Waals surface area (Å²) >= 11 is 11.8. The minimum Gasteiger partial charge on any atom is -0.457 e. The summed E-state index contributed by atoms with van der Waals surface area (Å²) in [5, 5.41) is 0. The van der Waals surface area contributed by atoms with Gasteiger partial charge in [0.25, 0.3) is 0 Å². The molecule has 41 heavy (non-hydrogen) atoms. The number of allylic oxidation sites excluding steroid dienone is 1. The van der Waals surface area contributed by atoms with E-state index in [1.165, 1.54) is 0 Å². The Kier molecular flexibility index (Phi) is 8.48. The van der Waals surface area contributed by atoms with Crippen molar-refractivity contribution < 1.29 is 23.8 Å². The minimum absolute atomic E-state index is 0.0898. The number of halogens is 2. The van der Waals surface area contributed by atoms with Crippen molar-refractivity contribution in [3.63, 3.8) is 0 Å². The normalized spacial score (nSPS) is 17.6. The molecule has 0 spiro atoms. The van der Waals surface area contributed by atoms with E-state index < -0.39 is 29.2 Å². The molecule has 0 unspecified atom stereocenters. The third-order valence-electron chi connectivity index (χ3n) is 7.18. The Hall–Kier alpha value is -4.06. The SMILES string of the molecule is CC1(C)[C@H](C(=O)O[C@@H](C(=O)c2cccc(Oc3ccccc3)c2)c2cccc(Oc3ccccc3)c2)[C@@H]1C=C(Cl)Cl. The second-order valence-corrected chi connectivity index (χ2v) is 11.4. The number of Topliss-reactive ketones (excluding diaryl/α,β-unsaturated/α-hetero) is 1. The Bertz CT molecular complexity index is 1560. The maximum Gasteiger partial charge on any atom is 0.311 e. The summed E-state index contributed by atoms with van der Waals surface area (Å²) in [7, 11) is 0.